The van der Waals surface area contributed by atoms with Crippen molar-refractivity contribution in [3.05, 3.63) is 29.3 Å². The Morgan fingerprint density at radius 2 is 2.29 bits per heavy atom. The number of rotatable bonds is 2. The fourth-order valence-electron chi connectivity index (χ4n) is 2.78. The highest BCUT2D eigenvalue weighted by Gasteiger charge is 2.31. The van der Waals surface area contributed by atoms with E-state index < -0.39 is 0 Å². The van der Waals surface area contributed by atoms with Gasteiger partial charge < -0.3 is 10.5 Å². The predicted octanol–water partition coefficient (Wildman–Crippen LogP) is 2.38. The minimum Gasteiger partial charge on any atom is -0.490 e. The van der Waals surface area contributed by atoms with Crippen molar-refractivity contribution in [3.8, 4) is 5.75 Å². The minimum atomic E-state index is 0.349. The van der Waals surface area contributed by atoms with Crippen molar-refractivity contribution in [1.82, 2.24) is 0 Å². The number of aryl methyl sites for hydroxylation is 1. The van der Waals surface area contributed by atoms with Crippen LogP contribution in [0.5, 0.6) is 5.75 Å². The van der Waals surface area contributed by atoms with Gasteiger partial charge in [-0.2, -0.15) is 11.8 Å². The predicted molar refractivity (Wildman–Crippen MR) is 72.7 cm³/mol. The van der Waals surface area contributed by atoms with Gasteiger partial charge in [-0.25, -0.2) is 0 Å². The summed E-state index contributed by atoms with van der Waals surface area (Å²) in [5, 5.41) is 0. The van der Waals surface area contributed by atoms with E-state index in [1.165, 1.54) is 16.9 Å². The van der Waals surface area contributed by atoms with Crippen molar-refractivity contribution in [3.63, 3.8) is 0 Å². The van der Waals surface area contributed by atoms with Gasteiger partial charge in [0.15, 0.2) is 0 Å². The van der Waals surface area contributed by atoms with E-state index in [4.69, 9.17) is 10.5 Å². The van der Waals surface area contributed by atoms with Crippen molar-refractivity contribution in [2.45, 2.75) is 31.9 Å². The molecule has 3 atom stereocenters. The number of benzene rings is 1. The maximum atomic E-state index is 6.11. The molecule has 0 radical (unpaired) electrons. The molecule has 1 fully saturated rings. The van der Waals surface area contributed by atoms with Crippen LogP contribution in [0.2, 0.25) is 0 Å². The molecule has 0 bridgehead atoms. The maximum Gasteiger partial charge on any atom is 0.123 e. The zero-order chi connectivity index (χ0) is 11.8. The molecule has 1 aromatic carbocycles. The third-order valence-electron chi connectivity index (χ3n) is 3.77. The number of nitrogens with two attached hydrogens (primary N) is 1. The maximum absolute atomic E-state index is 6.11. The Morgan fingerprint density at radius 1 is 1.41 bits per heavy atom. The fraction of sp³-hybridized carbons (Fsp3) is 0.571. The van der Waals surface area contributed by atoms with E-state index in [1.54, 1.807) is 0 Å². The quantitative estimate of drug-likeness (QED) is 0.874. The van der Waals surface area contributed by atoms with Crippen molar-refractivity contribution < 1.29 is 4.74 Å². The average Bonchev–Trinajstić information content (AvgIpc) is 2.85. The molecule has 2 heterocycles. The van der Waals surface area contributed by atoms with Crippen LogP contribution in [0.1, 0.15) is 17.5 Å². The first-order chi connectivity index (χ1) is 8.22. The normalized spacial score (nSPS) is 31.3. The lowest BCUT2D eigenvalue weighted by molar-refractivity contribution is 0.194. The van der Waals surface area contributed by atoms with E-state index in [0.29, 0.717) is 18.1 Å². The lowest BCUT2D eigenvalue weighted by Gasteiger charge is -2.18. The van der Waals surface area contributed by atoms with Crippen LogP contribution in [0.3, 0.4) is 0 Å². The van der Waals surface area contributed by atoms with Gasteiger partial charge in [0.05, 0.1) is 0 Å². The van der Waals surface area contributed by atoms with Crippen molar-refractivity contribution >= 4 is 11.8 Å². The summed E-state index contributed by atoms with van der Waals surface area (Å²) >= 11 is 1.98. The molecule has 2 nitrogen and oxygen atoms in total. The molecule has 0 amide bonds. The van der Waals surface area contributed by atoms with Gasteiger partial charge in [-0.3, -0.25) is 0 Å². The molecule has 0 aliphatic carbocycles. The van der Waals surface area contributed by atoms with Gasteiger partial charge in [0.2, 0.25) is 0 Å². The van der Waals surface area contributed by atoms with E-state index in [1.807, 2.05) is 11.8 Å². The fourth-order valence-corrected chi connectivity index (χ4v) is 4.14. The molecule has 92 valence electrons. The summed E-state index contributed by atoms with van der Waals surface area (Å²) < 4.78 is 6.01. The van der Waals surface area contributed by atoms with Crippen LogP contribution in [0.15, 0.2) is 18.2 Å². The molecule has 3 rings (SSSR count). The second kappa shape index (κ2) is 4.54. The number of hydrogen-bond acceptors (Lipinski definition) is 3. The van der Waals surface area contributed by atoms with Crippen LogP contribution < -0.4 is 10.5 Å². The van der Waals surface area contributed by atoms with E-state index in [-0.39, 0.29) is 0 Å². The molecule has 3 unspecified atom stereocenters. The smallest absolute Gasteiger partial charge is 0.123 e. The topological polar surface area (TPSA) is 35.2 Å². The van der Waals surface area contributed by atoms with Crippen LogP contribution in [-0.4, -0.2) is 23.7 Å². The Hall–Kier alpha value is -0.670. The van der Waals surface area contributed by atoms with Gasteiger partial charge in [-0.05, 0) is 36.6 Å². The van der Waals surface area contributed by atoms with Gasteiger partial charge in [-0.1, -0.05) is 17.7 Å². The van der Waals surface area contributed by atoms with E-state index in [9.17, 15) is 0 Å². The number of fused-ring (bicyclic) bond motifs is 1. The molecule has 0 saturated carbocycles. The molecule has 2 N–H and O–H groups in total. The highest BCUT2D eigenvalue weighted by molar-refractivity contribution is 7.99. The van der Waals surface area contributed by atoms with Crippen LogP contribution in [0.25, 0.3) is 0 Å². The summed E-state index contributed by atoms with van der Waals surface area (Å²) in [4.78, 5) is 0. The van der Waals surface area contributed by atoms with Gasteiger partial charge in [0.1, 0.15) is 11.9 Å². The van der Waals surface area contributed by atoms with Crippen LogP contribution in [-0.2, 0) is 6.42 Å². The standard InChI is InChI=1S/C14H19NOS/c1-9-2-3-14-10(4-9)5-12(16-14)6-11-7-17-8-13(11)15/h2-4,11-13H,5-8,15H2,1H3. The molecule has 3 heteroatoms. The van der Waals surface area contributed by atoms with E-state index >= 15 is 0 Å². The van der Waals surface area contributed by atoms with E-state index in [0.717, 1.165) is 24.3 Å². The Balaban J connectivity index is 1.66. The summed E-state index contributed by atoms with van der Waals surface area (Å²) in [5.74, 6) is 4.04. The molecular formula is C14H19NOS. The molecular weight excluding hydrogens is 230 g/mol. The summed E-state index contributed by atoms with van der Waals surface area (Å²) in [5.41, 5.74) is 8.80. The first kappa shape index (κ1) is 11.4. The highest BCUT2D eigenvalue weighted by Crippen LogP contribution is 2.34. The third kappa shape index (κ3) is 2.31. The molecule has 17 heavy (non-hydrogen) atoms. The molecule has 1 saturated heterocycles. The number of thioether (sulfide) groups is 1. The van der Waals surface area contributed by atoms with Crippen LogP contribution in [0.4, 0.5) is 0 Å². The molecule has 1 aromatic rings. The third-order valence-corrected chi connectivity index (χ3v) is 5.06. The van der Waals surface area contributed by atoms with Gasteiger partial charge >= 0.3 is 0 Å². The molecule has 0 spiro atoms. The zero-order valence-electron chi connectivity index (χ0n) is 10.2. The first-order valence-corrected chi connectivity index (χ1v) is 7.47. The van der Waals surface area contributed by atoms with Gasteiger partial charge in [0, 0.05) is 18.2 Å². The monoisotopic (exact) mass is 249 g/mol. The van der Waals surface area contributed by atoms with Gasteiger partial charge in [0.25, 0.3) is 0 Å². The van der Waals surface area contributed by atoms with Crippen LogP contribution >= 0.6 is 11.8 Å². The average molecular weight is 249 g/mol. The second-order valence-electron chi connectivity index (χ2n) is 5.25. The lowest BCUT2D eigenvalue weighted by atomic mass is 9.95. The second-order valence-corrected chi connectivity index (χ2v) is 6.33. The van der Waals surface area contributed by atoms with Crippen molar-refractivity contribution in [2.24, 2.45) is 11.7 Å². The van der Waals surface area contributed by atoms with Crippen LogP contribution in [0, 0.1) is 12.8 Å². The number of ether oxygens (including phenoxy) is 1. The Morgan fingerprint density at radius 3 is 3.06 bits per heavy atom. The largest absolute Gasteiger partial charge is 0.490 e. The SMILES string of the molecule is Cc1ccc2c(c1)CC(CC1CSCC1N)O2. The summed E-state index contributed by atoms with van der Waals surface area (Å²) in [6.07, 6.45) is 2.52. The summed E-state index contributed by atoms with van der Waals surface area (Å²) in [6, 6.07) is 6.85. The molecule has 2 aliphatic rings. The molecule has 0 aromatic heterocycles. The summed E-state index contributed by atoms with van der Waals surface area (Å²) in [7, 11) is 0. The van der Waals surface area contributed by atoms with E-state index in [2.05, 4.69) is 25.1 Å². The van der Waals surface area contributed by atoms with Crippen molar-refractivity contribution in [1.29, 1.82) is 0 Å². The highest BCUT2D eigenvalue weighted by atomic mass is 32.2. The van der Waals surface area contributed by atoms with Gasteiger partial charge in [-0.15, -0.1) is 0 Å². The van der Waals surface area contributed by atoms with Crippen molar-refractivity contribution in [2.75, 3.05) is 11.5 Å². The Kier molecular flexibility index (Phi) is 3.05. The molecule has 2 aliphatic heterocycles. The zero-order valence-corrected chi connectivity index (χ0v) is 11.0. The lowest BCUT2D eigenvalue weighted by Crippen LogP contribution is -2.32. The summed E-state index contributed by atoms with van der Waals surface area (Å²) in [6.45, 7) is 2.14. The Bertz CT molecular complexity index is 421. The minimum absolute atomic E-state index is 0.349. The number of hydrogen-bond donors (Lipinski definition) is 1. The Labute approximate surface area is 107 Å². The first-order valence-electron chi connectivity index (χ1n) is 6.32.